The summed E-state index contributed by atoms with van der Waals surface area (Å²) >= 11 is 0. The minimum absolute atomic E-state index is 0. The molecule has 4 nitrogen and oxygen atoms in total. The molecule has 11 heavy (non-hydrogen) atoms. The van der Waals surface area contributed by atoms with Crippen LogP contribution in [0.2, 0.25) is 0 Å². The van der Waals surface area contributed by atoms with E-state index in [4.69, 9.17) is 11.4 Å². The normalized spacial score (nSPS) is 20.4. The summed E-state index contributed by atoms with van der Waals surface area (Å²) in [7, 11) is 0. The number of amides is 1. The smallest absolute Gasteiger partial charge is 0.397 e. The second kappa shape index (κ2) is 5.05. The number of hydrogen-bond acceptors (Lipinski definition) is 2. The van der Waals surface area contributed by atoms with Gasteiger partial charge in [-0.25, -0.2) is 0 Å². The van der Waals surface area contributed by atoms with Crippen molar-refractivity contribution in [3.63, 3.8) is 0 Å². The maximum absolute atomic E-state index is 9.74. The molecule has 1 amide bonds. The van der Waals surface area contributed by atoms with Crippen molar-refractivity contribution in [1.82, 2.24) is 5.48 Å². The zero-order valence-electron chi connectivity index (χ0n) is 5.57. The Balaban J connectivity index is 0.000001000. The molecule has 5 heteroatoms. The van der Waals surface area contributed by atoms with Crippen molar-refractivity contribution in [3.8, 4) is 0 Å². The Labute approximate surface area is 74.6 Å². The molecule has 0 aliphatic carbocycles. The van der Waals surface area contributed by atoms with Gasteiger partial charge in [-0.3, -0.25) is 11.4 Å². The van der Waals surface area contributed by atoms with E-state index in [1.54, 1.807) is 0 Å². The quantitative estimate of drug-likeness (QED) is 0.465. The molecule has 0 radical (unpaired) electrons. The molecule has 1 aliphatic rings. The summed E-state index contributed by atoms with van der Waals surface area (Å²) in [6.45, 7) is 5.93. The predicted octanol–water partition coefficient (Wildman–Crippen LogP) is -0.266. The molecule has 0 atom stereocenters. The van der Waals surface area contributed by atoms with Crippen LogP contribution >= 0.6 is 0 Å². The summed E-state index contributed by atoms with van der Waals surface area (Å²) in [4.78, 5) is 17.8. The number of nitrogens with one attached hydrogen (secondary N) is 1. The fourth-order valence-corrected chi connectivity index (χ4v) is 0.605. The van der Waals surface area contributed by atoms with Crippen LogP contribution in [0.4, 0.5) is 0 Å². The summed E-state index contributed by atoms with van der Waals surface area (Å²) in [5, 5.41) is 0. The Kier molecular flexibility index (Phi) is 4.74. The maximum Gasteiger partial charge on any atom is 2.00 e. The number of nitrogens with zero attached hydrogens (tertiary/aromatic N) is 1. The van der Waals surface area contributed by atoms with Crippen LogP contribution in [0.1, 0.15) is 6.42 Å². The van der Waals surface area contributed by atoms with Gasteiger partial charge >= 0.3 is 16.5 Å². The molecule has 0 unspecified atom stereocenters. The molecule has 0 saturated carbocycles. The molecule has 0 aromatic carbocycles. The van der Waals surface area contributed by atoms with E-state index in [2.05, 4.69) is 10.5 Å². The van der Waals surface area contributed by atoms with E-state index in [9.17, 15) is 4.79 Å². The minimum Gasteiger partial charge on any atom is -0.397 e. The second-order valence-corrected chi connectivity index (χ2v) is 1.78. The third-order valence-electron chi connectivity index (χ3n) is 1.10. The fourth-order valence-electron chi connectivity index (χ4n) is 0.605. The summed E-state index contributed by atoms with van der Waals surface area (Å²) in [6, 6.07) is 0. The Hall–Kier alpha value is -0.666. The van der Waals surface area contributed by atoms with Crippen LogP contribution in [0, 0.1) is 6.58 Å². The first kappa shape index (κ1) is 10.3. The van der Waals surface area contributed by atoms with Gasteiger partial charge in [0.2, 0.25) is 0 Å². The Bertz CT molecular complexity index is 191. The molecule has 1 saturated heterocycles. The monoisotopic (exact) mass is 196 g/mol. The summed E-state index contributed by atoms with van der Waals surface area (Å²) in [6.07, 6.45) is 1.95. The second-order valence-electron chi connectivity index (χ2n) is 1.78. The molecular weight excluding hydrogens is 191 g/mol. The number of amidine groups is 1. The van der Waals surface area contributed by atoms with E-state index >= 15 is 0 Å². The first-order chi connectivity index (χ1) is 4.84. The molecule has 0 bridgehead atoms. The third-order valence-corrected chi connectivity index (χ3v) is 1.10. The molecule has 1 heterocycles. The topological polar surface area (TPSA) is 50.7 Å². The van der Waals surface area contributed by atoms with Crippen LogP contribution in [0.25, 0.3) is 0 Å². The van der Waals surface area contributed by atoms with Crippen molar-refractivity contribution in [2.75, 3.05) is 6.61 Å². The zero-order valence-corrected chi connectivity index (χ0v) is 6.56. The standard InChI is InChI=1S/C6H6N2O2.Ni/c1-5-2-3-10-8-6(5)7-4-9;/h1H,2-3H2,(H,7,8,9);/q-2;+2. The van der Waals surface area contributed by atoms with E-state index in [1.807, 2.05) is 0 Å². The number of hydrogen-bond donors (Lipinski definition) is 1. The number of carbonyl (C=O) groups excluding carboxylic acids is 1. The predicted molar refractivity (Wildman–Crippen MR) is 34.6 cm³/mol. The largest absolute Gasteiger partial charge is 2.00 e. The molecule has 1 rings (SSSR count). The summed E-state index contributed by atoms with van der Waals surface area (Å²) in [5.74, 6) is 0.265. The summed E-state index contributed by atoms with van der Waals surface area (Å²) < 4.78 is 0. The van der Waals surface area contributed by atoms with Crippen molar-refractivity contribution in [2.24, 2.45) is 4.99 Å². The van der Waals surface area contributed by atoms with Gasteiger partial charge in [0, 0.05) is 0 Å². The Morgan fingerprint density at radius 2 is 2.45 bits per heavy atom. The molecule has 0 aromatic rings. The van der Waals surface area contributed by atoms with Crippen molar-refractivity contribution in [1.29, 1.82) is 0 Å². The zero-order chi connectivity index (χ0) is 7.40. The van der Waals surface area contributed by atoms with Crippen LogP contribution in [-0.2, 0) is 26.1 Å². The Morgan fingerprint density at radius 3 is 3.00 bits per heavy atom. The number of aliphatic imine (C=N–C) groups is 1. The van der Waals surface area contributed by atoms with E-state index in [1.165, 1.54) is 6.41 Å². The number of rotatable bonds is 1. The first-order valence-corrected chi connectivity index (χ1v) is 2.79. The van der Waals surface area contributed by atoms with Gasteiger partial charge in [0.05, 0.1) is 13.0 Å². The van der Waals surface area contributed by atoms with Gasteiger partial charge in [-0.1, -0.05) is 0 Å². The SMILES string of the molecule is [CH-]=C1CCONC1=N[C-]=O.[Ni+2]. The third kappa shape index (κ3) is 2.82. The molecular formula is C6H6N2NiO2. The Morgan fingerprint density at radius 1 is 1.73 bits per heavy atom. The molecule has 0 spiro atoms. The van der Waals surface area contributed by atoms with Gasteiger partial charge in [-0.15, -0.1) is 0 Å². The van der Waals surface area contributed by atoms with Crippen LogP contribution < -0.4 is 5.48 Å². The van der Waals surface area contributed by atoms with Gasteiger partial charge in [0.25, 0.3) is 0 Å². The van der Waals surface area contributed by atoms with Crippen molar-refractivity contribution >= 4 is 12.2 Å². The molecule has 0 aromatic heterocycles. The van der Waals surface area contributed by atoms with E-state index in [0.29, 0.717) is 18.6 Å². The van der Waals surface area contributed by atoms with Crippen LogP contribution in [0.5, 0.6) is 0 Å². The average molecular weight is 197 g/mol. The van der Waals surface area contributed by atoms with E-state index in [-0.39, 0.29) is 22.3 Å². The average Bonchev–Trinajstić information content (AvgIpc) is 1.94. The van der Waals surface area contributed by atoms with Gasteiger partial charge in [0.15, 0.2) is 0 Å². The van der Waals surface area contributed by atoms with E-state index < -0.39 is 0 Å². The van der Waals surface area contributed by atoms with Gasteiger partial charge in [-0.2, -0.15) is 5.57 Å². The summed E-state index contributed by atoms with van der Waals surface area (Å²) in [5.41, 5.74) is 2.92. The van der Waals surface area contributed by atoms with E-state index in [0.717, 1.165) is 0 Å². The van der Waals surface area contributed by atoms with Crippen molar-refractivity contribution in [3.05, 3.63) is 12.2 Å². The minimum atomic E-state index is 0. The number of hydroxylamine groups is 1. The van der Waals surface area contributed by atoms with Gasteiger partial charge < -0.3 is 15.3 Å². The molecule has 1 N–H and O–H groups in total. The van der Waals surface area contributed by atoms with Crippen LogP contribution in [0.15, 0.2) is 10.6 Å². The first-order valence-electron chi connectivity index (χ1n) is 2.79. The van der Waals surface area contributed by atoms with Gasteiger partial charge in [0.1, 0.15) is 0 Å². The van der Waals surface area contributed by atoms with Crippen LogP contribution in [0.3, 0.4) is 0 Å². The molecule has 62 valence electrons. The maximum atomic E-state index is 9.74. The molecule has 1 aliphatic heterocycles. The van der Waals surface area contributed by atoms with Crippen molar-refractivity contribution in [2.45, 2.75) is 6.42 Å². The fraction of sp³-hybridized carbons (Fsp3) is 0.333. The van der Waals surface area contributed by atoms with Crippen LogP contribution in [-0.4, -0.2) is 18.9 Å². The molecule has 1 fully saturated rings. The van der Waals surface area contributed by atoms with Crippen molar-refractivity contribution < 1.29 is 26.1 Å². The van der Waals surface area contributed by atoms with Gasteiger partial charge in [-0.05, 0) is 12.3 Å².